The number of likely N-dealkylation sites (tertiary alicyclic amines) is 1. The van der Waals surface area contributed by atoms with Crippen LogP contribution in [-0.2, 0) is 23.9 Å². The van der Waals surface area contributed by atoms with E-state index in [4.69, 9.17) is 16.3 Å². The van der Waals surface area contributed by atoms with Gasteiger partial charge in [0.05, 0.1) is 22.4 Å². The Bertz CT molecular complexity index is 975. The number of hydrogen-bond donors (Lipinski definition) is 2. The SMILES string of the molecule is O=C(COC(=O)CN1C(=O)[C@@H]2[C@H]3C[C@@H]([C@H](Br)[C@H]3Br)[C@@H]2C1=O)NNC(=O)c1ccccc1Cl. The number of hydrazine groups is 1. The molecule has 170 valence electrons. The molecule has 6 atom stereocenters. The van der Waals surface area contributed by atoms with Crippen LogP contribution in [-0.4, -0.2) is 57.3 Å². The highest BCUT2D eigenvalue weighted by atomic mass is 79.9. The Balaban J connectivity index is 1.25. The minimum atomic E-state index is -0.891. The van der Waals surface area contributed by atoms with Crippen LogP contribution in [0, 0.1) is 23.7 Å². The number of nitrogens with zero attached hydrogens (tertiary/aromatic N) is 1. The molecule has 4 rings (SSSR count). The molecule has 0 unspecified atom stereocenters. The molecule has 1 aromatic rings. The average Bonchev–Trinajstić information content (AvgIpc) is 3.37. The first kappa shape index (κ1) is 23.2. The maximum atomic E-state index is 12.8. The van der Waals surface area contributed by atoms with Crippen LogP contribution >= 0.6 is 43.5 Å². The maximum Gasteiger partial charge on any atom is 0.326 e. The van der Waals surface area contributed by atoms with Gasteiger partial charge in [0.1, 0.15) is 6.54 Å². The van der Waals surface area contributed by atoms with Crippen molar-refractivity contribution >= 4 is 73.1 Å². The Morgan fingerprint density at radius 1 is 1.03 bits per heavy atom. The number of benzene rings is 1. The van der Waals surface area contributed by atoms with Gasteiger partial charge in [0, 0.05) is 9.65 Å². The Morgan fingerprint density at radius 3 is 2.22 bits per heavy atom. The van der Waals surface area contributed by atoms with Gasteiger partial charge in [-0.3, -0.25) is 39.7 Å². The lowest BCUT2D eigenvalue weighted by molar-refractivity contribution is -0.155. The Morgan fingerprint density at radius 2 is 1.62 bits per heavy atom. The lowest BCUT2D eigenvalue weighted by atomic mass is 9.81. The Kier molecular flexibility index (Phi) is 6.60. The molecule has 1 aromatic carbocycles. The van der Waals surface area contributed by atoms with Crippen LogP contribution in [0.2, 0.25) is 5.02 Å². The van der Waals surface area contributed by atoms with E-state index in [1.54, 1.807) is 12.1 Å². The first-order valence-electron chi connectivity index (χ1n) is 9.83. The van der Waals surface area contributed by atoms with Gasteiger partial charge >= 0.3 is 5.97 Å². The summed E-state index contributed by atoms with van der Waals surface area (Å²) in [4.78, 5) is 62.7. The molecule has 2 bridgehead atoms. The topological polar surface area (TPSA) is 122 Å². The summed E-state index contributed by atoms with van der Waals surface area (Å²) >= 11 is 13.1. The molecule has 2 aliphatic carbocycles. The number of nitrogens with one attached hydrogen (secondary N) is 2. The molecule has 0 spiro atoms. The zero-order chi connectivity index (χ0) is 23.2. The van der Waals surface area contributed by atoms with Crippen molar-refractivity contribution in [3.05, 3.63) is 34.9 Å². The standard InChI is InChI=1S/C20H18Br2ClN3O6/c21-16-9-5-10(17(16)22)15-14(9)19(30)26(20(15)31)6-13(28)32-7-12(27)24-25-18(29)8-3-1-2-4-11(8)23/h1-4,9-10,14-17H,5-7H2,(H,24,27)(H,25,29)/t9-,10-,14-,15+,16+,17+/m1/s1. The molecular weight excluding hydrogens is 573 g/mol. The molecule has 4 amide bonds. The summed E-state index contributed by atoms with van der Waals surface area (Å²) < 4.78 is 4.86. The first-order chi connectivity index (χ1) is 15.2. The number of rotatable bonds is 5. The van der Waals surface area contributed by atoms with E-state index in [2.05, 4.69) is 42.7 Å². The molecule has 2 N–H and O–H groups in total. The summed E-state index contributed by atoms with van der Waals surface area (Å²) in [7, 11) is 0. The summed E-state index contributed by atoms with van der Waals surface area (Å²) in [5.41, 5.74) is 4.43. The van der Waals surface area contributed by atoms with Crippen molar-refractivity contribution in [2.75, 3.05) is 13.2 Å². The molecule has 32 heavy (non-hydrogen) atoms. The van der Waals surface area contributed by atoms with E-state index < -0.39 is 42.8 Å². The Hall–Kier alpha value is -1.98. The van der Waals surface area contributed by atoms with Crippen molar-refractivity contribution in [3.8, 4) is 0 Å². The van der Waals surface area contributed by atoms with Crippen LogP contribution in [0.4, 0.5) is 0 Å². The number of esters is 1. The van der Waals surface area contributed by atoms with Gasteiger partial charge < -0.3 is 4.74 Å². The van der Waals surface area contributed by atoms with Gasteiger partial charge in [0.2, 0.25) is 11.8 Å². The normalized spacial score (nSPS) is 30.3. The lowest BCUT2D eigenvalue weighted by Gasteiger charge is -2.28. The molecule has 1 saturated heterocycles. The Labute approximate surface area is 204 Å². The quantitative estimate of drug-likeness (QED) is 0.231. The number of halogens is 3. The van der Waals surface area contributed by atoms with Crippen molar-refractivity contribution in [2.24, 2.45) is 23.7 Å². The summed E-state index contributed by atoms with van der Waals surface area (Å²) in [6.07, 6.45) is 0.789. The fourth-order valence-corrected chi connectivity index (χ4v) is 6.86. The lowest BCUT2D eigenvalue weighted by Crippen LogP contribution is -2.44. The smallest absolute Gasteiger partial charge is 0.326 e. The van der Waals surface area contributed by atoms with Crippen LogP contribution < -0.4 is 10.9 Å². The van der Waals surface area contributed by atoms with E-state index in [1.165, 1.54) is 12.1 Å². The summed E-state index contributed by atoms with van der Waals surface area (Å²) in [6.45, 7) is -1.24. The molecule has 3 aliphatic rings. The van der Waals surface area contributed by atoms with Gasteiger partial charge in [0.25, 0.3) is 11.8 Å². The van der Waals surface area contributed by atoms with Gasteiger partial charge in [-0.25, -0.2) is 0 Å². The van der Waals surface area contributed by atoms with Gasteiger partial charge in [-0.1, -0.05) is 55.6 Å². The van der Waals surface area contributed by atoms with Crippen LogP contribution in [0.15, 0.2) is 24.3 Å². The number of amides is 4. The van der Waals surface area contributed by atoms with Crippen molar-refractivity contribution < 1.29 is 28.7 Å². The number of hydrogen-bond acceptors (Lipinski definition) is 6. The predicted molar refractivity (Wildman–Crippen MR) is 119 cm³/mol. The van der Waals surface area contributed by atoms with Crippen LogP contribution in [0.1, 0.15) is 16.8 Å². The number of ether oxygens (including phenoxy) is 1. The molecule has 1 heterocycles. The third-order valence-electron chi connectivity index (χ3n) is 6.16. The van der Waals surface area contributed by atoms with Crippen LogP contribution in [0.25, 0.3) is 0 Å². The molecule has 12 heteroatoms. The van der Waals surface area contributed by atoms with Crippen LogP contribution in [0.5, 0.6) is 0 Å². The number of alkyl halides is 2. The van der Waals surface area contributed by atoms with Crippen LogP contribution in [0.3, 0.4) is 0 Å². The zero-order valence-electron chi connectivity index (χ0n) is 16.4. The van der Waals surface area contributed by atoms with E-state index in [0.29, 0.717) is 0 Å². The van der Waals surface area contributed by atoms with Gasteiger partial charge in [-0.05, 0) is 30.4 Å². The number of carbonyl (C=O) groups excluding carboxylic acids is 5. The third kappa shape index (κ3) is 4.06. The summed E-state index contributed by atoms with van der Waals surface area (Å²) in [6, 6.07) is 6.27. The minimum absolute atomic E-state index is 0.0411. The summed E-state index contributed by atoms with van der Waals surface area (Å²) in [5, 5.41) is 0.210. The molecule has 0 radical (unpaired) electrons. The monoisotopic (exact) mass is 589 g/mol. The number of fused-ring (bicyclic) bond motifs is 5. The fourth-order valence-electron chi connectivity index (χ4n) is 4.76. The molecule has 9 nitrogen and oxygen atoms in total. The van der Waals surface area contributed by atoms with E-state index >= 15 is 0 Å². The average molecular weight is 592 g/mol. The highest BCUT2D eigenvalue weighted by Gasteiger charge is 2.66. The minimum Gasteiger partial charge on any atom is -0.454 e. The molecule has 2 saturated carbocycles. The van der Waals surface area contributed by atoms with Gasteiger partial charge in [-0.15, -0.1) is 0 Å². The van der Waals surface area contributed by atoms with Gasteiger partial charge in [0.15, 0.2) is 6.61 Å². The largest absolute Gasteiger partial charge is 0.454 e. The van der Waals surface area contributed by atoms with E-state index in [1.807, 2.05) is 0 Å². The van der Waals surface area contributed by atoms with Crippen molar-refractivity contribution in [2.45, 2.75) is 16.1 Å². The number of carbonyl (C=O) groups is 5. The highest BCUT2D eigenvalue weighted by Crippen LogP contribution is 2.60. The maximum absolute atomic E-state index is 12.8. The fraction of sp³-hybridized carbons (Fsp3) is 0.450. The molecule has 3 fully saturated rings. The van der Waals surface area contributed by atoms with Crippen molar-refractivity contribution in [1.29, 1.82) is 0 Å². The predicted octanol–water partition coefficient (Wildman–Crippen LogP) is 1.42. The van der Waals surface area contributed by atoms with E-state index in [-0.39, 0.29) is 43.9 Å². The second-order valence-electron chi connectivity index (χ2n) is 7.91. The van der Waals surface area contributed by atoms with Crippen molar-refractivity contribution in [3.63, 3.8) is 0 Å². The molecule has 1 aliphatic heterocycles. The summed E-state index contributed by atoms with van der Waals surface area (Å²) in [5.74, 6) is -3.84. The van der Waals surface area contributed by atoms with Gasteiger partial charge in [-0.2, -0.15) is 0 Å². The highest BCUT2D eigenvalue weighted by molar-refractivity contribution is 9.12. The second-order valence-corrected chi connectivity index (χ2v) is 10.4. The number of imide groups is 1. The zero-order valence-corrected chi connectivity index (χ0v) is 20.4. The molecular formula is C20H18Br2ClN3O6. The third-order valence-corrected chi connectivity index (χ3v) is 9.70. The second kappa shape index (κ2) is 9.11. The molecule has 0 aromatic heterocycles. The van der Waals surface area contributed by atoms with E-state index in [9.17, 15) is 24.0 Å². The van der Waals surface area contributed by atoms with Crippen molar-refractivity contribution in [1.82, 2.24) is 15.8 Å². The first-order valence-corrected chi connectivity index (χ1v) is 12.0. The van der Waals surface area contributed by atoms with E-state index in [0.717, 1.165) is 11.3 Å².